The zero-order valence-electron chi connectivity index (χ0n) is 17.3. The first-order valence-corrected chi connectivity index (χ1v) is 10.8. The van der Waals surface area contributed by atoms with Crippen LogP contribution in [0, 0.1) is 11.3 Å². The zero-order chi connectivity index (χ0) is 20.4. The number of aliphatic hydroxyl groups is 1. The van der Waals surface area contributed by atoms with Crippen molar-refractivity contribution < 1.29 is 14.7 Å². The Kier molecular flexibility index (Phi) is 5.88. The van der Waals surface area contributed by atoms with Gasteiger partial charge in [0.2, 0.25) is 11.8 Å². The van der Waals surface area contributed by atoms with E-state index in [1.807, 2.05) is 40.1 Å². The van der Waals surface area contributed by atoms with E-state index in [4.69, 9.17) is 0 Å². The van der Waals surface area contributed by atoms with E-state index in [0.717, 1.165) is 12.1 Å². The zero-order valence-corrected chi connectivity index (χ0v) is 17.3. The van der Waals surface area contributed by atoms with Crippen molar-refractivity contribution >= 4 is 11.8 Å². The van der Waals surface area contributed by atoms with Gasteiger partial charge in [0, 0.05) is 45.1 Å². The van der Waals surface area contributed by atoms with Crippen molar-refractivity contribution in [3.63, 3.8) is 0 Å². The first-order chi connectivity index (χ1) is 13.9. The molecular formula is C22H32N4O3. The lowest BCUT2D eigenvalue weighted by atomic mass is 9.70. The van der Waals surface area contributed by atoms with Gasteiger partial charge in [0.1, 0.15) is 0 Å². The third-order valence-electron chi connectivity index (χ3n) is 6.63. The van der Waals surface area contributed by atoms with Crippen molar-refractivity contribution in [1.29, 1.82) is 0 Å². The van der Waals surface area contributed by atoms with Crippen LogP contribution in [0.2, 0.25) is 0 Å². The van der Waals surface area contributed by atoms with Crippen LogP contribution in [0.25, 0.3) is 0 Å². The molecule has 2 saturated heterocycles. The maximum atomic E-state index is 13.2. The average molecular weight is 401 g/mol. The molecule has 7 heteroatoms. The number of amides is 2. The van der Waals surface area contributed by atoms with Crippen LogP contribution in [0.4, 0.5) is 0 Å². The quantitative estimate of drug-likeness (QED) is 0.775. The fourth-order valence-electron chi connectivity index (χ4n) is 4.84. The topological polar surface area (TPSA) is 77.0 Å². The summed E-state index contributed by atoms with van der Waals surface area (Å²) >= 11 is 0. The molecule has 1 aromatic rings. The van der Waals surface area contributed by atoms with E-state index in [1.54, 1.807) is 6.20 Å². The number of likely N-dealkylation sites (N-methyl/N-ethyl adjacent to an activating group) is 1. The molecule has 2 amide bonds. The number of nitrogens with zero attached hydrogens (tertiary/aromatic N) is 4. The minimum absolute atomic E-state index is 0.102. The number of aliphatic hydroxyl groups excluding tert-OH is 1. The standard InChI is InChI=1S/C22H32N4O3/c1-24(13-18-3-2-8-23-12-18)16-20(28)25-9-6-22(7-10-25)11-19(27)15-26(21(22)29)14-17-4-5-17/h2-3,8,12,17,19,27H,4-7,9-11,13-16H2,1H3. The lowest BCUT2D eigenvalue weighted by Crippen LogP contribution is -2.58. The molecule has 1 aliphatic carbocycles. The van der Waals surface area contributed by atoms with E-state index < -0.39 is 11.5 Å². The molecule has 7 nitrogen and oxygen atoms in total. The summed E-state index contributed by atoms with van der Waals surface area (Å²) in [6.07, 6.45) is 7.36. The molecule has 3 fully saturated rings. The van der Waals surface area contributed by atoms with Gasteiger partial charge in [0.15, 0.2) is 0 Å². The second kappa shape index (κ2) is 8.40. The minimum Gasteiger partial charge on any atom is -0.391 e. The number of rotatable bonds is 6. The molecule has 0 aromatic carbocycles. The number of carbonyl (C=O) groups is 2. The summed E-state index contributed by atoms with van der Waals surface area (Å²) in [5.74, 6) is 0.929. The molecule has 1 unspecified atom stereocenters. The van der Waals surface area contributed by atoms with Crippen LogP contribution in [0.15, 0.2) is 24.5 Å². The van der Waals surface area contributed by atoms with Gasteiger partial charge in [-0.3, -0.25) is 19.5 Å². The molecule has 4 rings (SSSR count). The van der Waals surface area contributed by atoms with Gasteiger partial charge in [-0.1, -0.05) is 6.07 Å². The number of piperidine rings is 2. The van der Waals surface area contributed by atoms with Crippen molar-refractivity contribution in [2.75, 3.05) is 39.8 Å². The van der Waals surface area contributed by atoms with Gasteiger partial charge < -0.3 is 14.9 Å². The van der Waals surface area contributed by atoms with Crippen LogP contribution in [0.3, 0.4) is 0 Å². The first-order valence-electron chi connectivity index (χ1n) is 10.8. The third kappa shape index (κ3) is 4.78. The molecule has 0 radical (unpaired) electrons. The molecule has 1 spiro atoms. The van der Waals surface area contributed by atoms with Crippen molar-refractivity contribution in [1.82, 2.24) is 19.7 Å². The van der Waals surface area contributed by atoms with Gasteiger partial charge >= 0.3 is 0 Å². The molecule has 3 aliphatic rings. The summed E-state index contributed by atoms with van der Waals surface area (Å²) in [5, 5.41) is 10.4. The molecule has 3 heterocycles. The Balaban J connectivity index is 1.30. The van der Waals surface area contributed by atoms with E-state index in [1.165, 1.54) is 12.8 Å². The Morgan fingerprint density at radius 2 is 2.10 bits per heavy atom. The van der Waals surface area contributed by atoms with Crippen LogP contribution in [-0.2, 0) is 16.1 Å². The van der Waals surface area contributed by atoms with E-state index in [9.17, 15) is 14.7 Å². The van der Waals surface area contributed by atoms with Gasteiger partial charge in [-0.05, 0) is 56.7 Å². The number of hydrogen-bond acceptors (Lipinski definition) is 5. The van der Waals surface area contributed by atoms with Crippen LogP contribution < -0.4 is 0 Å². The van der Waals surface area contributed by atoms with Gasteiger partial charge in [-0.2, -0.15) is 0 Å². The van der Waals surface area contributed by atoms with Crippen molar-refractivity contribution in [2.24, 2.45) is 11.3 Å². The molecule has 1 saturated carbocycles. The van der Waals surface area contributed by atoms with Crippen molar-refractivity contribution in [2.45, 2.75) is 44.8 Å². The van der Waals surface area contributed by atoms with E-state index in [0.29, 0.717) is 57.9 Å². The van der Waals surface area contributed by atoms with Crippen molar-refractivity contribution in [3.8, 4) is 0 Å². The summed E-state index contributed by atoms with van der Waals surface area (Å²) in [5.41, 5.74) is 0.600. The Labute approximate surface area is 172 Å². The molecule has 0 bridgehead atoms. The maximum Gasteiger partial charge on any atom is 0.236 e. The number of pyridine rings is 1. The highest BCUT2D eigenvalue weighted by Gasteiger charge is 2.49. The predicted octanol–water partition coefficient (Wildman–Crippen LogP) is 1.13. The molecule has 1 atom stereocenters. The Hall–Kier alpha value is -1.99. The highest BCUT2D eigenvalue weighted by molar-refractivity contribution is 5.85. The van der Waals surface area contributed by atoms with E-state index in [2.05, 4.69) is 4.98 Å². The highest BCUT2D eigenvalue weighted by Crippen LogP contribution is 2.42. The highest BCUT2D eigenvalue weighted by atomic mass is 16.3. The lowest BCUT2D eigenvalue weighted by Gasteiger charge is -2.48. The summed E-state index contributed by atoms with van der Waals surface area (Å²) in [7, 11) is 1.94. The van der Waals surface area contributed by atoms with Gasteiger partial charge in [0.25, 0.3) is 0 Å². The van der Waals surface area contributed by atoms with E-state index in [-0.39, 0.29) is 11.8 Å². The Morgan fingerprint density at radius 3 is 2.76 bits per heavy atom. The lowest BCUT2D eigenvalue weighted by molar-refractivity contribution is -0.159. The average Bonchev–Trinajstić information content (AvgIpc) is 3.51. The van der Waals surface area contributed by atoms with Crippen molar-refractivity contribution in [3.05, 3.63) is 30.1 Å². The summed E-state index contributed by atoms with van der Waals surface area (Å²) < 4.78 is 0. The van der Waals surface area contributed by atoms with Crippen LogP contribution in [0.1, 0.15) is 37.7 Å². The van der Waals surface area contributed by atoms with Crippen LogP contribution in [0.5, 0.6) is 0 Å². The number of carbonyl (C=O) groups excluding carboxylic acids is 2. The fraction of sp³-hybridized carbons (Fsp3) is 0.682. The second-order valence-corrected chi connectivity index (χ2v) is 9.21. The number of aromatic nitrogens is 1. The van der Waals surface area contributed by atoms with Gasteiger partial charge in [-0.15, -0.1) is 0 Å². The normalized spacial score (nSPS) is 24.4. The monoisotopic (exact) mass is 400 g/mol. The summed E-state index contributed by atoms with van der Waals surface area (Å²) in [4.78, 5) is 35.8. The predicted molar refractivity (Wildman–Crippen MR) is 109 cm³/mol. The number of likely N-dealkylation sites (tertiary alicyclic amines) is 2. The van der Waals surface area contributed by atoms with Crippen LogP contribution >= 0.6 is 0 Å². The summed E-state index contributed by atoms with van der Waals surface area (Å²) in [6, 6.07) is 3.91. The third-order valence-corrected chi connectivity index (χ3v) is 6.63. The minimum atomic E-state index is -0.481. The molecular weight excluding hydrogens is 368 g/mol. The second-order valence-electron chi connectivity index (χ2n) is 9.21. The smallest absolute Gasteiger partial charge is 0.236 e. The maximum absolute atomic E-state index is 13.2. The molecule has 1 aromatic heterocycles. The Morgan fingerprint density at radius 1 is 1.34 bits per heavy atom. The number of β-amino-alcohol motifs (C(OH)–C–C–N with tert-alkyl or cyclic N) is 1. The molecule has 29 heavy (non-hydrogen) atoms. The summed E-state index contributed by atoms with van der Waals surface area (Å²) in [6.45, 7) is 3.48. The molecule has 158 valence electrons. The molecule has 1 N–H and O–H groups in total. The number of hydrogen-bond donors (Lipinski definition) is 1. The van der Waals surface area contributed by atoms with Gasteiger partial charge in [0.05, 0.1) is 18.1 Å². The molecule has 2 aliphatic heterocycles. The SMILES string of the molecule is CN(CC(=O)N1CCC2(CC1)CC(O)CN(CC1CC1)C2=O)Cc1cccnc1. The largest absolute Gasteiger partial charge is 0.391 e. The fourth-order valence-corrected chi connectivity index (χ4v) is 4.84. The van der Waals surface area contributed by atoms with E-state index >= 15 is 0 Å². The van der Waals surface area contributed by atoms with Gasteiger partial charge in [-0.25, -0.2) is 0 Å². The van der Waals surface area contributed by atoms with Crippen LogP contribution in [-0.4, -0.2) is 82.5 Å². The first kappa shape index (κ1) is 20.3. The Bertz CT molecular complexity index is 727.